The molecule has 0 N–H and O–H groups in total. The van der Waals surface area contributed by atoms with Crippen molar-refractivity contribution in [1.29, 1.82) is 0 Å². The van der Waals surface area contributed by atoms with Gasteiger partial charge in [0, 0.05) is 27.0 Å². The zero-order chi connectivity index (χ0) is 20.8. The normalized spacial score (nSPS) is 10.9. The predicted molar refractivity (Wildman–Crippen MR) is 122 cm³/mol. The molecule has 3 aromatic rings. The van der Waals surface area contributed by atoms with Crippen molar-refractivity contribution in [2.45, 2.75) is 27.0 Å². The van der Waals surface area contributed by atoms with E-state index in [9.17, 15) is 4.79 Å². The first-order chi connectivity index (χ1) is 13.9. The Hall–Kier alpha value is -1.89. The Morgan fingerprint density at radius 3 is 2.69 bits per heavy atom. The summed E-state index contributed by atoms with van der Waals surface area (Å²) >= 11 is 10.9. The van der Waals surface area contributed by atoms with Gasteiger partial charge in [-0.15, -0.1) is 11.3 Å². The number of benzene rings is 2. The van der Waals surface area contributed by atoms with Crippen LogP contribution in [0.5, 0.6) is 5.75 Å². The molecule has 2 aromatic carbocycles. The Balaban J connectivity index is 1.66. The molecule has 0 aliphatic heterocycles. The van der Waals surface area contributed by atoms with E-state index in [4.69, 9.17) is 16.3 Å². The van der Waals surface area contributed by atoms with Gasteiger partial charge in [-0.05, 0) is 48.4 Å². The van der Waals surface area contributed by atoms with Gasteiger partial charge >= 0.3 is 0 Å². The van der Waals surface area contributed by atoms with E-state index in [0.29, 0.717) is 36.2 Å². The molecule has 0 atom stereocenters. The van der Waals surface area contributed by atoms with Gasteiger partial charge in [0.15, 0.2) is 0 Å². The van der Waals surface area contributed by atoms with E-state index >= 15 is 0 Å². The second-order valence-corrected chi connectivity index (χ2v) is 9.36. The molecule has 1 heterocycles. The highest BCUT2D eigenvalue weighted by atomic mass is 79.9. The minimum atomic E-state index is 0.00645. The van der Waals surface area contributed by atoms with Crippen LogP contribution in [0.1, 0.15) is 34.9 Å². The number of halogens is 2. The molecule has 0 aliphatic rings. The van der Waals surface area contributed by atoms with E-state index in [1.807, 2.05) is 46.7 Å². The summed E-state index contributed by atoms with van der Waals surface area (Å²) < 4.78 is 6.66. The van der Waals surface area contributed by atoms with Gasteiger partial charge in [0.05, 0.1) is 12.2 Å². The minimum Gasteiger partial charge on any atom is -0.486 e. The van der Waals surface area contributed by atoms with Crippen LogP contribution in [0.15, 0.2) is 58.4 Å². The zero-order valence-electron chi connectivity index (χ0n) is 16.3. The minimum absolute atomic E-state index is 0.00645. The molecule has 0 fully saturated rings. The second-order valence-electron chi connectivity index (χ2n) is 7.07. The quantitative estimate of drug-likeness (QED) is 0.363. The summed E-state index contributed by atoms with van der Waals surface area (Å²) in [5.74, 6) is 1.11. The Morgan fingerprint density at radius 2 is 2.00 bits per heavy atom. The molecule has 3 rings (SSSR count). The van der Waals surface area contributed by atoms with Gasteiger partial charge < -0.3 is 9.64 Å². The standard InChI is InChI=1S/C22H22BrClN2O2S/c1-15(2)11-26(22(27)16-4-3-5-17(23)10-16)12-19-14-29-21(25-19)13-28-20-8-6-18(24)7-9-20/h3-10,14-15H,11-13H2,1-2H3. The SMILES string of the molecule is CC(C)CN(Cc1csc(COc2ccc(Cl)cc2)n1)C(=O)c1cccc(Br)c1. The van der Waals surface area contributed by atoms with Crippen molar-refractivity contribution >= 4 is 44.8 Å². The Morgan fingerprint density at radius 1 is 1.24 bits per heavy atom. The molecule has 0 unspecified atom stereocenters. The summed E-state index contributed by atoms with van der Waals surface area (Å²) in [6.07, 6.45) is 0. The highest BCUT2D eigenvalue weighted by Crippen LogP contribution is 2.20. The molecule has 1 aromatic heterocycles. The summed E-state index contributed by atoms with van der Waals surface area (Å²) in [6.45, 7) is 5.73. The van der Waals surface area contributed by atoms with Crippen molar-refractivity contribution in [2.75, 3.05) is 6.54 Å². The summed E-state index contributed by atoms with van der Waals surface area (Å²) in [4.78, 5) is 19.5. The summed E-state index contributed by atoms with van der Waals surface area (Å²) in [5, 5.41) is 3.53. The molecule has 4 nitrogen and oxygen atoms in total. The average molecular weight is 494 g/mol. The first-order valence-corrected chi connectivity index (χ1v) is 11.3. The fraction of sp³-hybridized carbons (Fsp3) is 0.273. The van der Waals surface area contributed by atoms with Crippen molar-refractivity contribution in [3.63, 3.8) is 0 Å². The third-order valence-corrected chi connectivity index (χ3v) is 5.69. The summed E-state index contributed by atoms with van der Waals surface area (Å²) in [7, 11) is 0. The first kappa shape index (κ1) is 21.8. The lowest BCUT2D eigenvalue weighted by Gasteiger charge is -2.24. The number of hydrogen-bond donors (Lipinski definition) is 0. The number of ether oxygens (including phenoxy) is 1. The lowest BCUT2D eigenvalue weighted by molar-refractivity contribution is 0.0720. The lowest BCUT2D eigenvalue weighted by Crippen LogP contribution is -2.33. The van der Waals surface area contributed by atoms with Crippen molar-refractivity contribution in [2.24, 2.45) is 5.92 Å². The van der Waals surface area contributed by atoms with E-state index in [-0.39, 0.29) is 5.91 Å². The number of amides is 1. The van der Waals surface area contributed by atoms with E-state index < -0.39 is 0 Å². The van der Waals surface area contributed by atoms with Gasteiger partial charge in [-0.3, -0.25) is 4.79 Å². The van der Waals surface area contributed by atoms with Gasteiger partial charge in [-0.25, -0.2) is 4.98 Å². The monoisotopic (exact) mass is 492 g/mol. The van der Waals surface area contributed by atoms with Crippen LogP contribution in [-0.2, 0) is 13.2 Å². The van der Waals surface area contributed by atoms with Gasteiger partial charge in [-0.2, -0.15) is 0 Å². The van der Waals surface area contributed by atoms with Crippen LogP contribution in [-0.4, -0.2) is 22.3 Å². The molecule has 1 amide bonds. The number of nitrogens with zero attached hydrogens (tertiary/aromatic N) is 2. The van der Waals surface area contributed by atoms with Crippen molar-refractivity contribution < 1.29 is 9.53 Å². The molecule has 0 aliphatic carbocycles. The Labute approximate surface area is 188 Å². The fourth-order valence-electron chi connectivity index (χ4n) is 2.82. The van der Waals surface area contributed by atoms with Crippen molar-refractivity contribution in [1.82, 2.24) is 9.88 Å². The van der Waals surface area contributed by atoms with E-state index in [0.717, 1.165) is 20.9 Å². The number of rotatable bonds is 8. The number of thiazole rings is 1. The van der Waals surface area contributed by atoms with Crippen LogP contribution in [0.4, 0.5) is 0 Å². The molecule has 0 saturated carbocycles. The largest absolute Gasteiger partial charge is 0.486 e. The maximum absolute atomic E-state index is 13.0. The van der Waals surface area contributed by atoms with Crippen LogP contribution in [0.25, 0.3) is 0 Å². The van der Waals surface area contributed by atoms with E-state index in [1.165, 1.54) is 11.3 Å². The third kappa shape index (κ3) is 6.56. The summed E-state index contributed by atoms with van der Waals surface area (Å²) in [6, 6.07) is 14.7. The highest BCUT2D eigenvalue weighted by Gasteiger charge is 2.19. The Kier molecular flexibility index (Phi) is 7.70. The highest BCUT2D eigenvalue weighted by molar-refractivity contribution is 9.10. The average Bonchev–Trinajstić information content (AvgIpc) is 3.13. The Bertz CT molecular complexity index is 959. The lowest BCUT2D eigenvalue weighted by atomic mass is 10.1. The van der Waals surface area contributed by atoms with E-state index in [1.54, 1.807) is 12.1 Å². The maximum Gasteiger partial charge on any atom is 0.254 e. The fourth-order valence-corrected chi connectivity index (χ4v) is 4.04. The van der Waals surface area contributed by atoms with Crippen LogP contribution >= 0.6 is 38.9 Å². The molecule has 0 bridgehead atoms. The zero-order valence-corrected chi connectivity index (χ0v) is 19.4. The summed E-state index contributed by atoms with van der Waals surface area (Å²) in [5.41, 5.74) is 1.54. The van der Waals surface area contributed by atoms with Gasteiger partial charge in [-0.1, -0.05) is 47.4 Å². The first-order valence-electron chi connectivity index (χ1n) is 9.27. The molecule has 29 heavy (non-hydrogen) atoms. The van der Waals surface area contributed by atoms with Crippen molar-refractivity contribution in [3.8, 4) is 5.75 Å². The molecule has 0 spiro atoms. The van der Waals surface area contributed by atoms with Crippen LogP contribution in [0.3, 0.4) is 0 Å². The molecular weight excluding hydrogens is 472 g/mol. The van der Waals surface area contributed by atoms with Crippen LogP contribution in [0.2, 0.25) is 5.02 Å². The third-order valence-electron chi connectivity index (χ3n) is 4.07. The van der Waals surface area contributed by atoms with Crippen molar-refractivity contribution in [3.05, 3.63) is 79.7 Å². The van der Waals surface area contributed by atoms with Crippen LogP contribution in [0, 0.1) is 5.92 Å². The topological polar surface area (TPSA) is 42.4 Å². The number of aromatic nitrogens is 1. The molecular formula is C22H22BrClN2O2S. The molecule has 0 saturated heterocycles. The van der Waals surface area contributed by atoms with E-state index in [2.05, 4.69) is 34.8 Å². The number of carbonyl (C=O) groups is 1. The predicted octanol–water partition coefficient (Wildman–Crippen LogP) is 6.44. The number of carbonyl (C=O) groups excluding carboxylic acids is 1. The maximum atomic E-state index is 13.0. The number of hydrogen-bond acceptors (Lipinski definition) is 4. The van der Waals surface area contributed by atoms with Gasteiger partial charge in [0.25, 0.3) is 5.91 Å². The molecule has 7 heteroatoms. The smallest absolute Gasteiger partial charge is 0.254 e. The van der Waals surface area contributed by atoms with Gasteiger partial charge in [0.2, 0.25) is 0 Å². The second kappa shape index (κ2) is 10.2. The molecule has 152 valence electrons. The van der Waals surface area contributed by atoms with Gasteiger partial charge in [0.1, 0.15) is 17.4 Å². The van der Waals surface area contributed by atoms with Crippen LogP contribution < -0.4 is 4.74 Å². The molecule has 0 radical (unpaired) electrons.